The Kier molecular flexibility index (Phi) is 13.9. The molecule has 2 N–H and O–H groups in total. The van der Waals surface area contributed by atoms with E-state index in [0.717, 1.165) is 5.69 Å². The first kappa shape index (κ1) is 40.0. The van der Waals surface area contributed by atoms with Gasteiger partial charge in [-0.1, -0.05) is 145 Å². The number of hydrogen-bond donors (Lipinski definition) is 2. The summed E-state index contributed by atoms with van der Waals surface area (Å²) >= 11 is 1.90. The van der Waals surface area contributed by atoms with E-state index in [1.54, 1.807) is 0 Å². The minimum absolute atomic E-state index is 0.0497. The third-order valence-electron chi connectivity index (χ3n) is 9.69. The van der Waals surface area contributed by atoms with E-state index < -0.39 is 0 Å². The van der Waals surface area contributed by atoms with Gasteiger partial charge in [-0.3, -0.25) is 5.32 Å². The number of nitrogens with one attached hydrogen (secondary N) is 2. The first-order valence-electron chi connectivity index (χ1n) is 19.8. The Bertz CT molecular complexity index is 2390. The minimum Gasteiger partial charge on any atom is -0.366 e. The molecular formula is C50H57N3S. The lowest BCUT2D eigenvalue weighted by atomic mass is 9.92. The number of rotatable bonds is 6. The molecule has 0 bridgehead atoms. The molecule has 0 radical (unpaired) electrons. The van der Waals surface area contributed by atoms with Crippen molar-refractivity contribution in [2.24, 2.45) is 0 Å². The van der Waals surface area contributed by atoms with Crippen molar-refractivity contribution in [1.82, 2.24) is 9.88 Å². The van der Waals surface area contributed by atoms with Gasteiger partial charge in [0, 0.05) is 31.7 Å². The summed E-state index contributed by atoms with van der Waals surface area (Å²) in [6.07, 6.45) is 10.9. The maximum Gasteiger partial charge on any atom is 0.104 e. The van der Waals surface area contributed by atoms with Gasteiger partial charge in [-0.2, -0.15) is 0 Å². The molecule has 2 unspecified atom stereocenters. The standard InChI is InChI=1S/C44H39N3S.3C2H6/c1-5-13-33(7-3)47-38-25-23-32(27-36(38)41-39(47)26-24-34-28(4)40(14-6-2)48-43(34)41)44-45-37-18-12-11-17-35(37)42(46-44)31-21-19-30(20-22-31)29-15-9-8-10-16-29;3*1-2/h5-27,42,44-46H,1-4H3;3*1-2H3/b13-5-,14-6-,33-7+;;;. The van der Waals surface area contributed by atoms with Crippen LogP contribution in [0.15, 0.2) is 133 Å². The molecule has 8 rings (SSSR count). The van der Waals surface area contributed by atoms with E-state index in [-0.39, 0.29) is 12.2 Å². The van der Waals surface area contributed by atoms with Crippen molar-refractivity contribution in [3.05, 3.63) is 161 Å². The number of anilines is 1. The number of allylic oxidation sites excluding steroid dienone is 5. The Hall–Kier alpha value is -5.16. The van der Waals surface area contributed by atoms with Crippen LogP contribution in [0.1, 0.15) is 102 Å². The number of aromatic nitrogens is 1. The molecular weight excluding hydrogens is 675 g/mol. The SMILES string of the molecule is C/C=C\C(=C/C)n1c2ccc(C3Nc4ccccc4C(c4ccc(-c5ccccc5)cc4)N3)cc2c2c3sc(/C=C\C)c(C)c3ccc21.CC.CC.CC. The van der Waals surface area contributed by atoms with Gasteiger partial charge in [0.2, 0.25) is 0 Å². The molecule has 54 heavy (non-hydrogen) atoms. The first-order chi connectivity index (χ1) is 26.6. The Morgan fingerprint density at radius 1 is 0.667 bits per heavy atom. The zero-order valence-corrected chi connectivity index (χ0v) is 34.6. The van der Waals surface area contributed by atoms with Crippen LogP contribution < -0.4 is 10.6 Å². The van der Waals surface area contributed by atoms with E-state index in [0.29, 0.717) is 0 Å². The topological polar surface area (TPSA) is 29.0 Å². The molecule has 3 heterocycles. The van der Waals surface area contributed by atoms with Gasteiger partial charge in [-0.05, 0) is 103 Å². The molecule has 0 aliphatic carbocycles. The van der Waals surface area contributed by atoms with Gasteiger partial charge < -0.3 is 9.88 Å². The number of thiophene rings is 1. The molecule has 278 valence electrons. The molecule has 0 spiro atoms. The molecule has 4 heteroatoms. The summed E-state index contributed by atoms with van der Waals surface area (Å²) in [6.45, 7) is 20.6. The average Bonchev–Trinajstić information content (AvgIpc) is 3.75. The van der Waals surface area contributed by atoms with Gasteiger partial charge in [0.25, 0.3) is 0 Å². The molecule has 0 amide bonds. The van der Waals surface area contributed by atoms with Crippen molar-refractivity contribution in [3.8, 4) is 11.1 Å². The van der Waals surface area contributed by atoms with Crippen LogP contribution in [0, 0.1) is 6.92 Å². The molecule has 0 saturated heterocycles. The van der Waals surface area contributed by atoms with Gasteiger partial charge in [-0.15, -0.1) is 11.3 Å². The van der Waals surface area contributed by atoms with E-state index in [9.17, 15) is 0 Å². The maximum absolute atomic E-state index is 4.00. The van der Waals surface area contributed by atoms with Crippen molar-refractivity contribution in [2.75, 3.05) is 5.32 Å². The number of nitrogens with zero attached hydrogens (tertiary/aromatic N) is 1. The average molecular weight is 732 g/mol. The van der Waals surface area contributed by atoms with Crippen molar-refractivity contribution >= 4 is 60.7 Å². The van der Waals surface area contributed by atoms with Crippen LogP contribution in [0.3, 0.4) is 0 Å². The normalized spacial score (nSPS) is 15.3. The highest BCUT2D eigenvalue weighted by Crippen LogP contribution is 2.44. The fourth-order valence-corrected chi connectivity index (χ4v) is 8.68. The van der Waals surface area contributed by atoms with E-state index in [1.165, 1.54) is 75.8 Å². The van der Waals surface area contributed by atoms with Crippen LogP contribution in [-0.2, 0) is 0 Å². The zero-order valence-electron chi connectivity index (χ0n) is 33.8. The Morgan fingerprint density at radius 2 is 1.31 bits per heavy atom. The summed E-state index contributed by atoms with van der Waals surface area (Å²) in [5.74, 6) is 0. The maximum atomic E-state index is 4.00. The number of benzene rings is 5. The van der Waals surface area contributed by atoms with E-state index in [4.69, 9.17) is 0 Å². The van der Waals surface area contributed by atoms with E-state index >= 15 is 0 Å². The van der Waals surface area contributed by atoms with Crippen LogP contribution in [0.2, 0.25) is 0 Å². The molecule has 5 aromatic carbocycles. The molecule has 0 fully saturated rings. The van der Waals surface area contributed by atoms with Gasteiger partial charge in [0.15, 0.2) is 0 Å². The Balaban J connectivity index is 0.000000892. The Labute approximate surface area is 327 Å². The van der Waals surface area contributed by atoms with E-state index in [2.05, 4.69) is 182 Å². The molecule has 0 saturated carbocycles. The molecule has 1 aliphatic rings. The smallest absolute Gasteiger partial charge is 0.104 e. The predicted octanol–water partition coefficient (Wildman–Crippen LogP) is 15.3. The second kappa shape index (κ2) is 18.7. The lowest BCUT2D eigenvalue weighted by molar-refractivity contribution is 0.506. The largest absolute Gasteiger partial charge is 0.366 e. The van der Waals surface area contributed by atoms with Crippen molar-refractivity contribution in [3.63, 3.8) is 0 Å². The van der Waals surface area contributed by atoms with Crippen LogP contribution in [0.5, 0.6) is 0 Å². The van der Waals surface area contributed by atoms with Crippen LogP contribution >= 0.6 is 11.3 Å². The van der Waals surface area contributed by atoms with Crippen molar-refractivity contribution in [1.29, 1.82) is 0 Å². The third-order valence-corrected chi connectivity index (χ3v) is 11.0. The summed E-state index contributed by atoms with van der Waals surface area (Å²) in [5.41, 5.74) is 12.3. The molecule has 1 aliphatic heterocycles. The molecule has 3 nitrogen and oxygen atoms in total. The van der Waals surface area contributed by atoms with Gasteiger partial charge in [-0.25, -0.2) is 0 Å². The highest BCUT2D eigenvalue weighted by Gasteiger charge is 2.28. The second-order valence-electron chi connectivity index (χ2n) is 12.5. The van der Waals surface area contributed by atoms with E-state index in [1.807, 2.05) is 52.9 Å². The summed E-state index contributed by atoms with van der Waals surface area (Å²) < 4.78 is 3.77. The summed E-state index contributed by atoms with van der Waals surface area (Å²) in [4.78, 5) is 1.32. The third kappa shape index (κ3) is 7.59. The number of fused-ring (bicyclic) bond motifs is 6. The summed E-state index contributed by atoms with van der Waals surface area (Å²) in [5, 5.41) is 11.8. The van der Waals surface area contributed by atoms with Gasteiger partial charge in [0.05, 0.1) is 17.1 Å². The number of hydrogen-bond acceptors (Lipinski definition) is 3. The van der Waals surface area contributed by atoms with Crippen LogP contribution in [0.4, 0.5) is 5.69 Å². The van der Waals surface area contributed by atoms with Gasteiger partial charge >= 0.3 is 0 Å². The fraction of sp³-hybridized carbons (Fsp3) is 0.240. The first-order valence-corrected chi connectivity index (χ1v) is 20.6. The Morgan fingerprint density at radius 3 is 2.00 bits per heavy atom. The molecule has 2 aromatic heterocycles. The molecule has 2 atom stereocenters. The minimum atomic E-state index is -0.0684. The van der Waals surface area contributed by atoms with Crippen molar-refractivity contribution < 1.29 is 0 Å². The monoisotopic (exact) mass is 731 g/mol. The highest BCUT2D eigenvalue weighted by atomic mass is 32.1. The lowest BCUT2D eigenvalue weighted by Crippen LogP contribution is -2.37. The quantitative estimate of drug-likeness (QED) is 0.167. The lowest BCUT2D eigenvalue weighted by Gasteiger charge is -2.35. The van der Waals surface area contributed by atoms with Crippen LogP contribution in [-0.4, -0.2) is 4.57 Å². The second-order valence-corrected chi connectivity index (χ2v) is 13.6. The van der Waals surface area contributed by atoms with Crippen LogP contribution in [0.25, 0.3) is 54.8 Å². The number of aryl methyl sites for hydroxylation is 1. The van der Waals surface area contributed by atoms with Crippen molar-refractivity contribution in [2.45, 2.75) is 81.4 Å². The van der Waals surface area contributed by atoms with Gasteiger partial charge in [0.1, 0.15) is 6.17 Å². The zero-order chi connectivity index (χ0) is 38.8. The highest BCUT2D eigenvalue weighted by molar-refractivity contribution is 7.21. The summed E-state index contributed by atoms with van der Waals surface area (Å²) in [7, 11) is 0. The summed E-state index contributed by atoms with van der Waals surface area (Å²) in [6, 6.07) is 40.0. The fourth-order valence-electron chi connectivity index (χ4n) is 7.34. The predicted molar refractivity (Wildman–Crippen MR) is 243 cm³/mol. The number of para-hydroxylation sites is 1. The molecule has 7 aromatic rings.